The number of hydrogen-bond donors (Lipinski definition) is 1. The van der Waals surface area contributed by atoms with Gasteiger partial charge in [-0.2, -0.15) is 0 Å². The highest BCUT2D eigenvalue weighted by Gasteiger charge is 2.09. The molecule has 0 amide bonds. The molecule has 5 heteroatoms. The Morgan fingerprint density at radius 1 is 1.60 bits per heavy atom. The Morgan fingerprint density at radius 3 is 2.93 bits per heavy atom. The van der Waals surface area contributed by atoms with Gasteiger partial charge in [-0.15, -0.1) is 11.3 Å². The zero-order valence-electron chi connectivity index (χ0n) is 8.17. The number of imidazole rings is 1. The number of aromatic nitrogens is 2. The first-order valence-electron chi connectivity index (χ1n) is 4.56. The van der Waals surface area contributed by atoms with Gasteiger partial charge < -0.3 is 9.67 Å². The third-order valence-electron chi connectivity index (χ3n) is 2.07. The molecule has 15 heavy (non-hydrogen) atoms. The third-order valence-corrected chi connectivity index (χ3v) is 3.16. The molecular weight excluding hydrogens is 212 g/mol. The fourth-order valence-corrected chi connectivity index (χ4v) is 2.06. The molecule has 2 heterocycles. The summed E-state index contributed by atoms with van der Waals surface area (Å²) in [6.45, 7) is 2.90. The van der Waals surface area contributed by atoms with E-state index in [0.717, 1.165) is 17.1 Å². The van der Waals surface area contributed by atoms with Crippen molar-refractivity contribution in [3.05, 3.63) is 29.5 Å². The minimum atomic E-state index is -0.888. The SMILES string of the molecule is CCn1cnc(-c2ccc(C(=O)O)s2)c1. The Bertz CT molecular complexity index is 487. The Labute approximate surface area is 90.8 Å². The quantitative estimate of drug-likeness (QED) is 0.867. The molecule has 0 aliphatic rings. The van der Waals surface area contributed by atoms with Crippen LogP contribution in [0.4, 0.5) is 0 Å². The lowest BCUT2D eigenvalue weighted by Gasteiger charge is -1.91. The normalized spacial score (nSPS) is 10.5. The third kappa shape index (κ3) is 1.92. The molecule has 0 spiro atoms. The summed E-state index contributed by atoms with van der Waals surface area (Å²) in [5.74, 6) is -0.888. The first-order chi connectivity index (χ1) is 7.20. The monoisotopic (exact) mass is 222 g/mol. The van der Waals surface area contributed by atoms with E-state index in [1.165, 1.54) is 11.3 Å². The van der Waals surface area contributed by atoms with Crippen molar-refractivity contribution in [2.45, 2.75) is 13.5 Å². The first-order valence-corrected chi connectivity index (χ1v) is 5.37. The minimum absolute atomic E-state index is 0.344. The standard InChI is InChI=1S/C10H10N2O2S/c1-2-12-5-7(11-6-12)8-3-4-9(15-8)10(13)14/h3-6H,2H2,1H3,(H,13,14). The topological polar surface area (TPSA) is 55.1 Å². The van der Waals surface area contributed by atoms with Crippen molar-refractivity contribution in [2.24, 2.45) is 0 Å². The van der Waals surface area contributed by atoms with Crippen molar-refractivity contribution in [3.8, 4) is 10.6 Å². The Kier molecular flexibility index (Phi) is 2.55. The van der Waals surface area contributed by atoms with Crippen LogP contribution in [0.25, 0.3) is 10.6 Å². The minimum Gasteiger partial charge on any atom is -0.477 e. The average molecular weight is 222 g/mol. The lowest BCUT2D eigenvalue weighted by molar-refractivity contribution is 0.0702. The number of aromatic carboxylic acids is 1. The Balaban J connectivity index is 2.32. The summed E-state index contributed by atoms with van der Waals surface area (Å²) in [5.41, 5.74) is 0.828. The van der Waals surface area contributed by atoms with Crippen LogP contribution in [0.1, 0.15) is 16.6 Å². The lowest BCUT2D eigenvalue weighted by Crippen LogP contribution is -1.89. The zero-order valence-corrected chi connectivity index (χ0v) is 8.99. The fourth-order valence-electron chi connectivity index (χ4n) is 1.25. The highest BCUT2D eigenvalue weighted by Crippen LogP contribution is 2.26. The highest BCUT2D eigenvalue weighted by molar-refractivity contribution is 7.17. The van der Waals surface area contributed by atoms with E-state index in [1.807, 2.05) is 17.7 Å². The van der Waals surface area contributed by atoms with E-state index >= 15 is 0 Å². The number of carboxylic acids is 1. The van der Waals surface area contributed by atoms with Crippen LogP contribution in [0.15, 0.2) is 24.7 Å². The Morgan fingerprint density at radius 2 is 2.40 bits per heavy atom. The Hall–Kier alpha value is -1.62. The van der Waals surface area contributed by atoms with E-state index in [2.05, 4.69) is 4.98 Å². The summed E-state index contributed by atoms with van der Waals surface area (Å²) in [6.07, 6.45) is 3.66. The highest BCUT2D eigenvalue weighted by atomic mass is 32.1. The van der Waals surface area contributed by atoms with Crippen LogP contribution in [0, 0.1) is 0 Å². The van der Waals surface area contributed by atoms with Crippen molar-refractivity contribution in [1.82, 2.24) is 9.55 Å². The second kappa shape index (κ2) is 3.86. The smallest absolute Gasteiger partial charge is 0.345 e. The number of aryl methyl sites for hydroxylation is 1. The van der Waals surface area contributed by atoms with Gasteiger partial charge in [-0.05, 0) is 19.1 Å². The van der Waals surface area contributed by atoms with Gasteiger partial charge in [-0.3, -0.25) is 0 Å². The van der Waals surface area contributed by atoms with E-state index in [4.69, 9.17) is 5.11 Å². The number of hydrogen-bond acceptors (Lipinski definition) is 3. The predicted molar refractivity (Wildman–Crippen MR) is 58.2 cm³/mol. The molecule has 4 nitrogen and oxygen atoms in total. The lowest BCUT2D eigenvalue weighted by atomic mass is 10.3. The number of thiophene rings is 1. The molecule has 0 unspecified atom stereocenters. The van der Waals surface area contributed by atoms with Crippen LogP contribution < -0.4 is 0 Å². The summed E-state index contributed by atoms with van der Waals surface area (Å²) in [6, 6.07) is 3.39. The van der Waals surface area contributed by atoms with Gasteiger partial charge in [0.25, 0.3) is 0 Å². The molecule has 0 radical (unpaired) electrons. The molecular formula is C10H10N2O2S. The van der Waals surface area contributed by atoms with Crippen molar-refractivity contribution in [1.29, 1.82) is 0 Å². The molecule has 78 valence electrons. The van der Waals surface area contributed by atoms with Gasteiger partial charge in [0, 0.05) is 12.7 Å². The second-order valence-corrected chi connectivity index (χ2v) is 4.14. The van der Waals surface area contributed by atoms with Crippen molar-refractivity contribution in [2.75, 3.05) is 0 Å². The largest absolute Gasteiger partial charge is 0.477 e. The van der Waals surface area contributed by atoms with Gasteiger partial charge >= 0.3 is 5.97 Å². The summed E-state index contributed by atoms with van der Waals surface area (Å²) >= 11 is 1.24. The van der Waals surface area contributed by atoms with E-state index in [9.17, 15) is 4.79 Å². The molecule has 2 aromatic heterocycles. The number of rotatable bonds is 3. The molecule has 0 atom stereocenters. The van der Waals surface area contributed by atoms with Gasteiger partial charge in [-0.25, -0.2) is 9.78 Å². The van der Waals surface area contributed by atoms with Crippen LogP contribution in [-0.4, -0.2) is 20.6 Å². The van der Waals surface area contributed by atoms with Crippen LogP contribution in [0.2, 0.25) is 0 Å². The number of nitrogens with zero attached hydrogens (tertiary/aromatic N) is 2. The van der Waals surface area contributed by atoms with Crippen molar-refractivity contribution in [3.63, 3.8) is 0 Å². The maximum atomic E-state index is 10.7. The molecule has 0 aliphatic carbocycles. The van der Waals surface area contributed by atoms with Crippen LogP contribution >= 0.6 is 11.3 Å². The molecule has 2 aromatic rings. The van der Waals surface area contributed by atoms with Gasteiger partial charge in [0.2, 0.25) is 0 Å². The van der Waals surface area contributed by atoms with Crippen molar-refractivity contribution < 1.29 is 9.90 Å². The number of carbonyl (C=O) groups is 1. The second-order valence-electron chi connectivity index (χ2n) is 3.06. The van der Waals surface area contributed by atoms with Gasteiger partial charge in [0.05, 0.1) is 16.9 Å². The van der Waals surface area contributed by atoms with E-state index < -0.39 is 5.97 Å². The van der Waals surface area contributed by atoms with E-state index in [0.29, 0.717) is 4.88 Å². The van der Waals surface area contributed by atoms with Crippen LogP contribution in [0.5, 0.6) is 0 Å². The van der Waals surface area contributed by atoms with Gasteiger partial charge in [0.15, 0.2) is 0 Å². The van der Waals surface area contributed by atoms with Gasteiger partial charge in [0.1, 0.15) is 4.88 Å². The molecule has 0 aromatic carbocycles. The predicted octanol–water partition coefficient (Wildman–Crippen LogP) is 2.33. The number of carboxylic acid groups (broad SMARTS) is 1. The molecule has 2 rings (SSSR count). The first kappa shape index (κ1) is 9.92. The molecule has 0 fully saturated rings. The molecule has 0 saturated heterocycles. The molecule has 1 N–H and O–H groups in total. The van der Waals surface area contributed by atoms with Crippen molar-refractivity contribution >= 4 is 17.3 Å². The van der Waals surface area contributed by atoms with Crippen LogP contribution in [-0.2, 0) is 6.54 Å². The summed E-state index contributed by atoms with van der Waals surface area (Å²) in [7, 11) is 0. The summed E-state index contributed by atoms with van der Waals surface area (Å²) < 4.78 is 1.95. The van der Waals surface area contributed by atoms with Crippen LogP contribution in [0.3, 0.4) is 0 Å². The van der Waals surface area contributed by atoms with Gasteiger partial charge in [-0.1, -0.05) is 0 Å². The average Bonchev–Trinajstić information content (AvgIpc) is 2.86. The molecule has 0 bridgehead atoms. The van der Waals surface area contributed by atoms with E-state index in [-0.39, 0.29) is 0 Å². The molecule has 0 saturated carbocycles. The fraction of sp³-hybridized carbons (Fsp3) is 0.200. The zero-order chi connectivity index (χ0) is 10.8. The summed E-state index contributed by atoms with van der Waals surface area (Å²) in [5, 5.41) is 8.78. The van der Waals surface area contributed by atoms with E-state index in [1.54, 1.807) is 18.5 Å². The maximum Gasteiger partial charge on any atom is 0.345 e. The summed E-state index contributed by atoms with van der Waals surface area (Å²) in [4.78, 5) is 16.1. The molecule has 0 aliphatic heterocycles. The maximum absolute atomic E-state index is 10.7.